The van der Waals surface area contributed by atoms with Crippen molar-refractivity contribution in [3.8, 4) is 5.75 Å². The molecule has 0 aliphatic carbocycles. The molecule has 23 heavy (non-hydrogen) atoms. The van der Waals surface area contributed by atoms with Gasteiger partial charge in [0, 0.05) is 17.0 Å². The summed E-state index contributed by atoms with van der Waals surface area (Å²) in [6.07, 6.45) is 0. The standard InChI is InChI=1S/C19H16ClNO2/c20-16-10-8-14(9-11-16)12-21-19(22)13-23-18-7-3-5-15-4-1-2-6-17(15)18/h1-11H,12-13H2,(H,21,22). The second kappa shape index (κ2) is 7.16. The number of halogens is 1. The molecule has 3 rings (SSSR count). The highest BCUT2D eigenvalue weighted by molar-refractivity contribution is 6.30. The third kappa shape index (κ3) is 4.02. The topological polar surface area (TPSA) is 38.3 Å². The maximum atomic E-state index is 11.9. The van der Waals surface area contributed by atoms with Crippen LogP contribution < -0.4 is 10.1 Å². The van der Waals surface area contributed by atoms with Gasteiger partial charge in [0.1, 0.15) is 5.75 Å². The van der Waals surface area contributed by atoms with Crippen molar-refractivity contribution in [1.29, 1.82) is 0 Å². The first-order valence-corrected chi connectivity index (χ1v) is 7.72. The van der Waals surface area contributed by atoms with E-state index >= 15 is 0 Å². The minimum absolute atomic E-state index is 0.0123. The molecule has 1 N–H and O–H groups in total. The molecule has 3 nitrogen and oxygen atoms in total. The summed E-state index contributed by atoms with van der Waals surface area (Å²) < 4.78 is 5.66. The van der Waals surface area contributed by atoms with E-state index in [9.17, 15) is 4.79 Å². The summed E-state index contributed by atoms with van der Waals surface area (Å²) in [6.45, 7) is 0.441. The Hall–Kier alpha value is -2.52. The van der Waals surface area contributed by atoms with E-state index in [4.69, 9.17) is 16.3 Å². The van der Waals surface area contributed by atoms with Gasteiger partial charge in [0.2, 0.25) is 0 Å². The lowest BCUT2D eigenvalue weighted by molar-refractivity contribution is -0.123. The van der Waals surface area contributed by atoms with Crippen molar-refractivity contribution in [3.05, 3.63) is 77.3 Å². The number of nitrogens with one attached hydrogen (secondary N) is 1. The van der Waals surface area contributed by atoms with Gasteiger partial charge in [-0.15, -0.1) is 0 Å². The van der Waals surface area contributed by atoms with Gasteiger partial charge in [-0.2, -0.15) is 0 Å². The number of carbonyl (C=O) groups excluding carboxylic acids is 1. The minimum Gasteiger partial charge on any atom is -0.483 e. The van der Waals surface area contributed by atoms with Crippen LogP contribution in [0.3, 0.4) is 0 Å². The Morgan fingerprint density at radius 3 is 2.52 bits per heavy atom. The zero-order valence-corrected chi connectivity index (χ0v) is 13.2. The second-order valence-corrected chi connectivity index (χ2v) is 5.61. The van der Waals surface area contributed by atoms with E-state index in [2.05, 4.69) is 5.32 Å². The van der Waals surface area contributed by atoms with Crippen molar-refractivity contribution in [2.75, 3.05) is 6.61 Å². The van der Waals surface area contributed by atoms with Crippen LogP contribution in [0.1, 0.15) is 5.56 Å². The van der Waals surface area contributed by atoms with Gasteiger partial charge in [-0.3, -0.25) is 4.79 Å². The monoisotopic (exact) mass is 325 g/mol. The summed E-state index contributed by atoms with van der Waals surface area (Å²) in [5, 5.41) is 5.60. The number of carbonyl (C=O) groups is 1. The molecule has 3 aromatic carbocycles. The van der Waals surface area contributed by atoms with Crippen LogP contribution in [0.2, 0.25) is 5.02 Å². The largest absolute Gasteiger partial charge is 0.483 e. The third-order valence-electron chi connectivity index (χ3n) is 3.51. The average Bonchev–Trinajstić information content (AvgIpc) is 2.59. The average molecular weight is 326 g/mol. The molecule has 0 fully saturated rings. The maximum absolute atomic E-state index is 11.9. The van der Waals surface area contributed by atoms with E-state index in [1.54, 1.807) is 12.1 Å². The second-order valence-electron chi connectivity index (χ2n) is 5.17. The molecule has 0 bridgehead atoms. The van der Waals surface area contributed by atoms with Crippen LogP contribution in [-0.2, 0) is 11.3 Å². The maximum Gasteiger partial charge on any atom is 0.258 e. The van der Waals surface area contributed by atoms with Crippen LogP contribution in [-0.4, -0.2) is 12.5 Å². The molecule has 0 aromatic heterocycles. The van der Waals surface area contributed by atoms with E-state index in [0.29, 0.717) is 17.3 Å². The minimum atomic E-state index is -0.159. The van der Waals surface area contributed by atoms with Crippen molar-refractivity contribution in [2.45, 2.75) is 6.54 Å². The number of benzene rings is 3. The van der Waals surface area contributed by atoms with Gasteiger partial charge in [0.15, 0.2) is 6.61 Å². The quantitative estimate of drug-likeness (QED) is 0.764. The fourth-order valence-corrected chi connectivity index (χ4v) is 2.44. The lowest BCUT2D eigenvalue weighted by Gasteiger charge is -2.10. The molecular formula is C19H16ClNO2. The summed E-state index contributed by atoms with van der Waals surface area (Å²) in [6, 6.07) is 21.1. The summed E-state index contributed by atoms with van der Waals surface area (Å²) in [5.74, 6) is 0.553. The predicted molar refractivity (Wildman–Crippen MR) is 92.7 cm³/mol. The van der Waals surface area contributed by atoms with Crippen LogP contribution in [0.15, 0.2) is 66.7 Å². The van der Waals surface area contributed by atoms with E-state index in [1.165, 1.54) is 0 Å². The van der Waals surface area contributed by atoms with E-state index in [1.807, 2.05) is 54.6 Å². The Labute approximate surface area is 139 Å². The molecule has 0 radical (unpaired) electrons. The lowest BCUT2D eigenvalue weighted by atomic mass is 10.1. The number of hydrogen-bond donors (Lipinski definition) is 1. The SMILES string of the molecule is O=C(COc1cccc2ccccc12)NCc1ccc(Cl)cc1. The number of ether oxygens (including phenoxy) is 1. The van der Waals surface area contributed by atoms with E-state index < -0.39 is 0 Å². The van der Waals surface area contributed by atoms with Gasteiger partial charge in [-0.25, -0.2) is 0 Å². The predicted octanol–water partition coefficient (Wildman–Crippen LogP) is 4.19. The number of amides is 1. The molecule has 0 saturated carbocycles. The van der Waals surface area contributed by atoms with Gasteiger partial charge in [-0.1, -0.05) is 60.1 Å². The highest BCUT2D eigenvalue weighted by atomic mass is 35.5. The molecule has 116 valence electrons. The van der Waals surface area contributed by atoms with Gasteiger partial charge in [0.25, 0.3) is 5.91 Å². The van der Waals surface area contributed by atoms with Crippen LogP contribution in [0.25, 0.3) is 10.8 Å². The molecule has 1 amide bonds. The van der Waals surface area contributed by atoms with E-state index in [0.717, 1.165) is 16.3 Å². The van der Waals surface area contributed by atoms with Gasteiger partial charge >= 0.3 is 0 Å². The first-order valence-electron chi connectivity index (χ1n) is 7.34. The first-order chi connectivity index (χ1) is 11.2. The molecule has 0 spiro atoms. The molecule has 0 saturated heterocycles. The van der Waals surface area contributed by atoms with Crippen LogP contribution in [0.4, 0.5) is 0 Å². The Balaban J connectivity index is 1.57. The van der Waals surface area contributed by atoms with Crippen LogP contribution in [0.5, 0.6) is 5.75 Å². The van der Waals surface area contributed by atoms with Crippen molar-refractivity contribution in [2.24, 2.45) is 0 Å². The highest BCUT2D eigenvalue weighted by Crippen LogP contribution is 2.24. The zero-order chi connectivity index (χ0) is 16.1. The highest BCUT2D eigenvalue weighted by Gasteiger charge is 2.05. The van der Waals surface area contributed by atoms with Gasteiger partial charge in [0.05, 0.1) is 0 Å². The molecule has 0 unspecified atom stereocenters. The summed E-state index contributed by atoms with van der Waals surface area (Å²) >= 11 is 5.83. The van der Waals surface area contributed by atoms with Crippen molar-refractivity contribution >= 4 is 28.3 Å². The molecule has 0 atom stereocenters. The Bertz CT molecular complexity index is 810. The van der Waals surface area contributed by atoms with Crippen molar-refractivity contribution < 1.29 is 9.53 Å². The molecule has 0 heterocycles. The lowest BCUT2D eigenvalue weighted by Crippen LogP contribution is -2.28. The molecule has 0 aliphatic heterocycles. The zero-order valence-electron chi connectivity index (χ0n) is 12.5. The van der Waals surface area contributed by atoms with Crippen LogP contribution >= 0.6 is 11.6 Å². The summed E-state index contributed by atoms with van der Waals surface area (Å²) in [4.78, 5) is 11.9. The van der Waals surface area contributed by atoms with Crippen molar-refractivity contribution in [1.82, 2.24) is 5.32 Å². The van der Waals surface area contributed by atoms with Gasteiger partial charge in [-0.05, 0) is 29.1 Å². The smallest absolute Gasteiger partial charge is 0.258 e. The Kier molecular flexibility index (Phi) is 4.79. The fraction of sp³-hybridized carbons (Fsp3) is 0.105. The first kappa shape index (κ1) is 15.4. The number of hydrogen-bond acceptors (Lipinski definition) is 2. The number of rotatable bonds is 5. The number of fused-ring (bicyclic) bond motifs is 1. The van der Waals surface area contributed by atoms with Gasteiger partial charge < -0.3 is 10.1 Å². The summed E-state index contributed by atoms with van der Waals surface area (Å²) in [5.41, 5.74) is 0.993. The fourth-order valence-electron chi connectivity index (χ4n) is 2.32. The summed E-state index contributed by atoms with van der Waals surface area (Å²) in [7, 11) is 0. The molecule has 0 aliphatic rings. The molecule has 3 aromatic rings. The van der Waals surface area contributed by atoms with Crippen molar-refractivity contribution in [3.63, 3.8) is 0 Å². The van der Waals surface area contributed by atoms with Crippen LogP contribution in [0, 0.1) is 0 Å². The normalized spacial score (nSPS) is 10.5. The molecular weight excluding hydrogens is 310 g/mol. The Morgan fingerprint density at radius 2 is 1.70 bits per heavy atom. The van der Waals surface area contributed by atoms with E-state index in [-0.39, 0.29) is 12.5 Å². The third-order valence-corrected chi connectivity index (χ3v) is 3.76. The Morgan fingerprint density at radius 1 is 0.957 bits per heavy atom. The molecule has 4 heteroatoms.